The van der Waals surface area contributed by atoms with Crippen LogP contribution in [0.15, 0.2) is 46.0 Å². The number of ether oxygens (including phenoxy) is 1. The van der Waals surface area contributed by atoms with Crippen LogP contribution in [-0.4, -0.2) is 35.2 Å². The molecular weight excluding hydrogens is 417 g/mol. The first-order valence-corrected chi connectivity index (χ1v) is 11.3. The van der Waals surface area contributed by atoms with Gasteiger partial charge < -0.3 is 14.2 Å². The van der Waals surface area contributed by atoms with Crippen LogP contribution in [0.3, 0.4) is 0 Å². The van der Waals surface area contributed by atoms with Crippen molar-refractivity contribution in [1.82, 2.24) is 8.94 Å². The lowest BCUT2D eigenvalue weighted by Crippen LogP contribution is -2.36. The van der Waals surface area contributed by atoms with Gasteiger partial charge in [0.1, 0.15) is 16.0 Å². The summed E-state index contributed by atoms with van der Waals surface area (Å²) in [5.74, 6) is -0.460. The van der Waals surface area contributed by atoms with Crippen molar-refractivity contribution in [2.24, 2.45) is 0 Å². The summed E-state index contributed by atoms with van der Waals surface area (Å²) < 4.78 is 25.6. The maximum absolute atomic E-state index is 15.4. The van der Waals surface area contributed by atoms with Gasteiger partial charge in [0.15, 0.2) is 0 Å². The Morgan fingerprint density at radius 3 is 2.61 bits per heavy atom. The number of aromatic nitrogens is 2. The first kappa shape index (κ1) is 18.8. The van der Waals surface area contributed by atoms with E-state index in [1.165, 1.54) is 17.6 Å². The Morgan fingerprint density at radius 2 is 1.84 bits per heavy atom. The van der Waals surface area contributed by atoms with E-state index in [1.807, 2.05) is 24.3 Å². The van der Waals surface area contributed by atoms with Crippen molar-refractivity contribution in [3.8, 4) is 11.1 Å². The van der Waals surface area contributed by atoms with Crippen LogP contribution in [0.4, 0.5) is 10.1 Å². The minimum absolute atomic E-state index is 0.130. The molecule has 6 rings (SSSR count). The minimum Gasteiger partial charge on any atom is -0.378 e. The third-order valence-corrected chi connectivity index (χ3v) is 7.06. The smallest absolute Gasteiger partial charge is 0.271 e. The van der Waals surface area contributed by atoms with Gasteiger partial charge in [-0.15, -0.1) is 0 Å². The second-order valence-corrected chi connectivity index (χ2v) is 8.90. The average Bonchev–Trinajstić information content (AvgIpc) is 3.56. The summed E-state index contributed by atoms with van der Waals surface area (Å²) in [6, 6.07) is 11.1. The number of nitrogens with zero attached hydrogens (tertiary/aromatic N) is 2. The maximum atomic E-state index is 15.4. The highest BCUT2D eigenvalue weighted by Crippen LogP contribution is 2.41. The molecule has 31 heavy (non-hydrogen) atoms. The molecule has 1 aliphatic carbocycles. The maximum Gasteiger partial charge on any atom is 0.271 e. The standard InChI is InChI=1S/C23H20FN3O3S/c24-17-11-16-19(27(13-5-6-13)23-20(21(16)28)22(29)25-31-23)12-15(17)14-3-1-2-4-18(14)26-7-9-30-10-8-26/h1-4,11-13H,5-10H2,(H,25,29). The second-order valence-electron chi connectivity index (χ2n) is 8.11. The molecule has 2 aliphatic rings. The predicted octanol–water partition coefficient (Wildman–Crippen LogP) is 3.88. The van der Waals surface area contributed by atoms with Crippen LogP contribution in [0.25, 0.3) is 32.2 Å². The van der Waals surface area contributed by atoms with Crippen LogP contribution in [0.2, 0.25) is 0 Å². The van der Waals surface area contributed by atoms with Crippen molar-refractivity contribution in [1.29, 1.82) is 0 Å². The normalized spacial score (nSPS) is 17.0. The van der Waals surface area contributed by atoms with Crippen LogP contribution < -0.4 is 15.9 Å². The van der Waals surface area contributed by atoms with E-state index in [0.29, 0.717) is 29.1 Å². The van der Waals surface area contributed by atoms with Gasteiger partial charge in [0.2, 0.25) is 5.43 Å². The number of aromatic amines is 1. The number of nitrogens with one attached hydrogen (secondary N) is 1. The van der Waals surface area contributed by atoms with Gasteiger partial charge >= 0.3 is 0 Å². The third-order valence-electron chi connectivity index (χ3n) is 6.17. The molecule has 0 bridgehead atoms. The molecule has 1 saturated heterocycles. The summed E-state index contributed by atoms with van der Waals surface area (Å²) >= 11 is 1.18. The van der Waals surface area contributed by atoms with E-state index in [2.05, 4.69) is 13.8 Å². The molecule has 0 atom stereocenters. The number of rotatable bonds is 3. The van der Waals surface area contributed by atoms with Gasteiger partial charge in [0.25, 0.3) is 5.56 Å². The number of hydrogen-bond acceptors (Lipinski definition) is 5. The van der Waals surface area contributed by atoms with Gasteiger partial charge in [-0.2, -0.15) is 0 Å². The number of anilines is 1. The Labute approximate surface area is 180 Å². The number of H-pyrrole nitrogens is 1. The largest absolute Gasteiger partial charge is 0.378 e. The minimum atomic E-state index is -0.460. The van der Waals surface area contributed by atoms with Crippen molar-refractivity contribution in [2.45, 2.75) is 18.9 Å². The Hall–Kier alpha value is -2.97. The Morgan fingerprint density at radius 1 is 1.06 bits per heavy atom. The number of para-hydroxylation sites is 1. The second kappa shape index (κ2) is 7.03. The third kappa shape index (κ3) is 2.93. The fourth-order valence-electron chi connectivity index (χ4n) is 4.53. The first-order chi connectivity index (χ1) is 15.1. The molecule has 1 N–H and O–H groups in total. The van der Waals surface area contributed by atoms with Crippen molar-refractivity contribution in [3.05, 3.63) is 62.8 Å². The van der Waals surface area contributed by atoms with Gasteiger partial charge in [-0.25, -0.2) is 4.39 Å². The van der Waals surface area contributed by atoms with Crippen LogP contribution in [0.5, 0.6) is 0 Å². The molecular formula is C23H20FN3O3S. The molecule has 0 unspecified atom stereocenters. The van der Waals surface area contributed by atoms with Gasteiger partial charge in [-0.05, 0) is 42.6 Å². The number of hydrogen-bond donors (Lipinski definition) is 1. The van der Waals surface area contributed by atoms with Crippen molar-refractivity contribution < 1.29 is 9.13 Å². The lowest BCUT2D eigenvalue weighted by molar-refractivity contribution is 0.123. The molecule has 4 aromatic rings. The van der Waals surface area contributed by atoms with Crippen LogP contribution in [0.1, 0.15) is 18.9 Å². The molecule has 0 spiro atoms. The number of pyridine rings is 1. The molecule has 2 aromatic carbocycles. The summed E-state index contributed by atoms with van der Waals surface area (Å²) in [6.45, 7) is 2.77. The Balaban J connectivity index is 1.64. The van der Waals surface area contributed by atoms with Gasteiger partial charge in [-0.3, -0.25) is 14.0 Å². The fraction of sp³-hybridized carbons (Fsp3) is 0.304. The topological polar surface area (TPSA) is 67.3 Å². The number of halogens is 1. The van der Waals surface area contributed by atoms with E-state index < -0.39 is 16.8 Å². The average molecular weight is 437 g/mol. The van der Waals surface area contributed by atoms with Gasteiger partial charge in [-0.1, -0.05) is 18.2 Å². The molecule has 0 radical (unpaired) electrons. The lowest BCUT2D eigenvalue weighted by Gasteiger charge is -2.30. The molecule has 8 heteroatoms. The molecule has 1 saturated carbocycles. The summed E-state index contributed by atoms with van der Waals surface area (Å²) in [5, 5.41) is 0.388. The van der Waals surface area contributed by atoms with Crippen molar-refractivity contribution in [2.75, 3.05) is 31.2 Å². The number of fused-ring (bicyclic) bond motifs is 2. The van der Waals surface area contributed by atoms with Crippen molar-refractivity contribution in [3.63, 3.8) is 0 Å². The highest BCUT2D eigenvalue weighted by molar-refractivity contribution is 7.12. The van der Waals surface area contributed by atoms with E-state index in [9.17, 15) is 9.59 Å². The van der Waals surface area contributed by atoms with E-state index in [0.717, 1.165) is 37.2 Å². The first-order valence-electron chi connectivity index (χ1n) is 10.4. The summed E-state index contributed by atoms with van der Waals surface area (Å²) in [4.78, 5) is 28.2. The summed E-state index contributed by atoms with van der Waals surface area (Å²) in [7, 11) is 0. The quantitative estimate of drug-likeness (QED) is 0.528. The zero-order chi connectivity index (χ0) is 21.1. The fourth-order valence-corrected chi connectivity index (χ4v) is 5.46. The predicted molar refractivity (Wildman–Crippen MR) is 121 cm³/mol. The van der Waals surface area contributed by atoms with E-state index in [4.69, 9.17) is 4.74 Å². The summed E-state index contributed by atoms with van der Waals surface area (Å²) in [5.41, 5.74) is 2.09. The van der Waals surface area contributed by atoms with Crippen LogP contribution >= 0.6 is 11.5 Å². The molecule has 6 nitrogen and oxygen atoms in total. The molecule has 2 fully saturated rings. The van der Waals surface area contributed by atoms with E-state index >= 15 is 4.39 Å². The van der Waals surface area contributed by atoms with Crippen LogP contribution in [0, 0.1) is 5.82 Å². The van der Waals surface area contributed by atoms with Gasteiger partial charge in [0.05, 0.1) is 18.7 Å². The van der Waals surface area contributed by atoms with Gasteiger partial charge in [0, 0.05) is 41.3 Å². The molecule has 0 amide bonds. The van der Waals surface area contributed by atoms with E-state index in [1.54, 1.807) is 6.07 Å². The Kier molecular flexibility index (Phi) is 4.26. The molecule has 3 heterocycles. The summed E-state index contributed by atoms with van der Waals surface area (Å²) in [6.07, 6.45) is 1.96. The SMILES string of the molecule is O=c1[nH]sc2c1c(=O)c1cc(F)c(-c3ccccc3N3CCOCC3)cc1n2C1CC1. The number of morpholine rings is 1. The van der Waals surface area contributed by atoms with Crippen molar-refractivity contribution >= 4 is 38.3 Å². The molecule has 158 valence electrons. The van der Waals surface area contributed by atoms with Crippen LogP contribution in [-0.2, 0) is 4.74 Å². The molecule has 2 aromatic heterocycles. The van der Waals surface area contributed by atoms with E-state index in [-0.39, 0.29) is 16.8 Å². The zero-order valence-corrected chi connectivity index (χ0v) is 17.5. The highest BCUT2D eigenvalue weighted by atomic mass is 32.1. The highest BCUT2D eigenvalue weighted by Gasteiger charge is 2.29. The molecule has 1 aliphatic heterocycles. The zero-order valence-electron chi connectivity index (χ0n) is 16.7. The monoisotopic (exact) mass is 437 g/mol. The lowest BCUT2D eigenvalue weighted by atomic mass is 9.99. The number of benzene rings is 2. The Bertz CT molecular complexity index is 1440.